The van der Waals surface area contributed by atoms with Crippen LogP contribution >= 0.6 is 15.9 Å². The van der Waals surface area contributed by atoms with Crippen LogP contribution in [-0.4, -0.2) is 28.7 Å². The third-order valence-electron chi connectivity index (χ3n) is 6.79. The van der Waals surface area contributed by atoms with Gasteiger partial charge in [-0.2, -0.15) is 5.10 Å². The molecule has 0 aliphatic rings. The molecule has 0 aliphatic heterocycles. The van der Waals surface area contributed by atoms with Crippen molar-refractivity contribution < 1.29 is 28.3 Å². The van der Waals surface area contributed by atoms with Crippen molar-refractivity contribution >= 4 is 33.7 Å². The Morgan fingerprint density at radius 2 is 1.69 bits per heavy atom. The number of hydrogen-bond donors (Lipinski definition) is 1. The Kier molecular flexibility index (Phi) is 9.64. The molecule has 1 N–H and O–H groups in total. The van der Waals surface area contributed by atoms with E-state index in [9.17, 15) is 14.9 Å². The molecule has 0 spiro atoms. The summed E-state index contributed by atoms with van der Waals surface area (Å²) in [7, 11) is 1.50. The quantitative estimate of drug-likeness (QED) is 0.0837. The molecule has 1 amide bonds. The summed E-state index contributed by atoms with van der Waals surface area (Å²) in [6.45, 7) is 4.45. The molecular weight excluding hydrogens is 644 g/mol. The van der Waals surface area contributed by atoms with Crippen LogP contribution in [0.1, 0.15) is 38.8 Å². The maximum Gasteiger partial charge on any atom is 0.307 e. The van der Waals surface area contributed by atoms with Crippen LogP contribution in [0.15, 0.2) is 98.9 Å². The minimum Gasteiger partial charge on any atom is -0.493 e. The number of hydrogen-bond acceptors (Lipinski definition) is 8. The molecule has 5 rings (SSSR count). The molecule has 0 atom stereocenters. The molecule has 3 aromatic carbocycles. The number of carbonyl (C=O) groups excluding carboxylic acids is 1. The van der Waals surface area contributed by atoms with Gasteiger partial charge in [0.25, 0.3) is 5.69 Å². The van der Waals surface area contributed by atoms with Crippen molar-refractivity contribution in [2.24, 2.45) is 5.10 Å². The first-order chi connectivity index (χ1) is 21.7. The molecular formula is C33H29BrN4O7. The third kappa shape index (κ3) is 7.60. The lowest BCUT2D eigenvalue weighted by Gasteiger charge is -2.13. The zero-order chi connectivity index (χ0) is 31.9. The van der Waals surface area contributed by atoms with E-state index in [-0.39, 0.29) is 24.7 Å². The van der Waals surface area contributed by atoms with Crippen molar-refractivity contribution in [2.45, 2.75) is 27.1 Å². The fourth-order valence-electron chi connectivity index (χ4n) is 4.54. The highest BCUT2D eigenvalue weighted by molar-refractivity contribution is 9.10. The van der Waals surface area contributed by atoms with Crippen LogP contribution in [0.3, 0.4) is 0 Å². The predicted molar refractivity (Wildman–Crippen MR) is 171 cm³/mol. The SMILES string of the molecule is COc1cc(/C=N/NC(=O)c2ccc(COc3ccc(-n4c(C)ccc4C)cc3)o2)cc(Br)c1OCc1ccc([N+](=O)[O-])cc1. The number of amides is 1. The standard InChI is InChI=1S/C33H29BrN4O7/c1-21-4-5-22(2)37(21)25-10-12-27(13-11-25)43-20-28-14-15-30(45-28)33(39)36-35-18-24-16-29(34)32(31(17-24)42-3)44-19-23-6-8-26(9-7-23)38(40)41/h4-18H,19-20H2,1-3H3,(H,36,39)/b35-18+. The van der Waals surface area contributed by atoms with E-state index in [2.05, 4.69) is 57.0 Å². The average molecular weight is 674 g/mol. The van der Waals surface area contributed by atoms with Crippen LogP contribution in [-0.2, 0) is 13.2 Å². The number of nitrogens with zero attached hydrogens (tertiary/aromatic N) is 3. The number of methoxy groups -OCH3 is 1. The van der Waals surface area contributed by atoms with Gasteiger partial charge in [0.15, 0.2) is 17.3 Å². The van der Waals surface area contributed by atoms with Gasteiger partial charge >= 0.3 is 5.91 Å². The van der Waals surface area contributed by atoms with Gasteiger partial charge in [-0.05, 0) is 114 Å². The second kappa shape index (κ2) is 14.0. The maximum atomic E-state index is 12.6. The van der Waals surface area contributed by atoms with Crippen LogP contribution in [0.4, 0.5) is 5.69 Å². The van der Waals surface area contributed by atoms with Crippen molar-refractivity contribution in [3.63, 3.8) is 0 Å². The minimum atomic E-state index is -0.520. The van der Waals surface area contributed by atoms with E-state index in [1.165, 1.54) is 25.5 Å². The molecule has 11 nitrogen and oxygen atoms in total. The van der Waals surface area contributed by atoms with Crippen molar-refractivity contribution in [1.29, 1.82) is 0 Å². The molecule has 0 unspecified atom stereocenters. The van der Waals surface area contributed by atoms with Crippen molar-refractivity contribution in [2.75, 3.05) is 7.11 Å². The molecule has 0 aliphatic carbocycles. The van der Waals surface area contributed by atoms with Gasteiger partial charge in [-0.1, -0.05) is 0 Å². The van der Waals surface area contributed by atoms with Gasteiger partial charge in [0.2, 0.25) is 0 Å². The van der Waals surface area contributed by atoms with E-state index in [1.807, 2.05) is 24.3 Å². The zero-order valence-electron chi connectivity index (χ0n) is 24.7. The first-order valence-electron chi connectivity index (χ1n) is 13.8. The highest BCUT2D eigenvalue weighted by atomic mass is 79.9. The van der Waals surface area contributed by atoms with E-state index >= 15 is 0 Å². The van der Waals surface area contributed by atoms with E-state index < -0.39 is 10.8 Å². The molecule has 0 bridgehead atoms. The molecule has 230 valence electrons. The van der Waals surface area contributed by atoms with Crippen molar-refractivity contribution in [3.05, 3.63) is 134 Å². The number of hydrazone groups is 1. The van der Waals surface area contributed by atoms with Crippen molar-refractivity contribution in [1.82, 2.24) is 9.99 Å². The number of benzene rings is 3. The van der Waals surface area contributed by atoms with Gasteiger partial charge < -0.3 is 23.2 Å². The number of aromatic nitrogens is 1. The second-order valence-electron chi connectivity index (χ2n) is 9.95. The molecule has 5 aromatic rings. The minimum absolute atomic E-state index is 0.00531. The fraction of sp³-hybridized carbons (Fsp3) is 0.152. The van der Waals surface area contributed by atoms with Gasteiger partial charge in [-0.25, -0.2) is 5.43 Å². The second-order valence-corrected chi connectivity index (χ2v) is 10.8. The highest BCUT2D eigenvalue weighted by Gasteiger charge is 2.14. The summed E-state index contributed by atoms with van der Waals surface area (Å²) >= 11 is 3.48. The predicted octanol–water partition coefficient (Wildman–Crippen LogP) is 7.29. The summed E-state index contributed by atoms with van der Waals surface area (Å²) in [5.41, 5.74) is 7.20. The van der Waals surface area contributed by atoms with E-state index in [0.717, 1.165) is 22.6 Å². The lowest BCUT2D eigenvalue weighted by Crippen LogP contribution is -2.16. The third-order valence-corrected chi connectivity index (χ3v) is 7.38. The lowest BCUT2D eigenvalue weighted by atomic mass is 10.2. The van der Waals surface area contributed by atoms with E-state index in [1.54, 1.807) is 36.4 Å². The first kappa shape index (κ1) is 31.1. The van der Waals surface area contributed by atoms with Crippen LogP contribution in [0.25, 0.3) is 5.69 Å². The number of rotatable bonds is 12. The number of aryl methyl sites for hydroxylation is 2. The van der Waals surface area contributed by atoms with Crippen molar-refractivity contribution in [3.8, 4) is 22.9 Å². The molecule has 0 fully saturated rings. The largest absolute Gasteiger partial charge is 0.493 e. The average Bonchev–Trinajstić information content (AvgIpc) is 3.65. The van der Waals surface area contributed by atoms with Crippen LogP contribution in [0.2, 0.25) is 0 Å². The summed E-state index contributed by atoms with van der Waals surface area (Å²) in [5, 5.41) is 14.9. The molecule has 0 radical (unpaired) electrons. The molecule has 12 heteroatoms. The molecule has 2 aromatic heterocycles. The smallest absolute Gasteiger partial charge is 0.307 e. The summed E-state index contributed by atoms with van der Waals surface area (Å²) in [6.07, 6.45) is 1.46. The lowest BCUT2D eigenvalue weighted by molar-refractivity contribution is -0.384. The monoisotopic (exact) mass is 672 g/mol. The Bertz CT molecular complexity index is 1820. The normalized spacial score (nSPS) is 11.0. The number of halogens is 1. The summed E-state index contributed by atoms with van der Waals surface area (Å²) in [6, 6.07) is 24.7. The maximum absolute atomic E-state index is 12.6. The summed E-state index contributed by atoms with van der Waals surface area (Å²) in [5.74, 6) is 1.62. The number of non-ortho nitro benzene ring substituents is 1. The number of nitro benzene ring substituents is 1. The summed E-state index contributed by atoms with van der Waals surface area (Å²) in [4.78, 5) is 23.0. The highest BCUT2D eigenvalue weighted by Crippen LogP contribution is 2.37. The van der Waals surface area contributed by atoms with E-state index in [4.69, 9.17) is 18.6 Å². The molecule has 0 saturated carbocycles. The molecule has 2 heterocycles. The van der Waals surface area contributed by atoms with Crippen LogP contribution in [0, 0.1) is 24.0 Å². The van der Waals surface area contributed by atoms with Gasteiger partial charge in [0.1, 0.15) is 24.7 Å². The number of ether oxygens (including phenoxy) is 3. The Morgan fingerprint density at radius 3 is 2.36 bits per heavy atom. The number of carbonyl (C=O) groups is 1. The van der Waals surface area contributed by atoms with Gasteiger partial charge in [0, 0.05) is 29.2 Å². The number of nitrogens with one attached hydrogen (secondary N) is 1. The summed E-state index contributed by atoms with van der Waals surface area (Å²) < 4.78 is 25.6. The van der Waals surface area contributed by atoms with Crippen LogP contribution < -0.4 is 19.6 Å². The number of nitro groups is 1. The first-order valence-corrected chi connectivity index (χ1v) is 14.5. The van der Waals surface area contributed by atoms with Gasteiger partial charge in [-0.15, -0.1) is 0 Å². The number of furan rings is 1. The Morgan fingerprint density at radius 1 is 0.978 bits per heavy atom. The Balaban J connectivity index is 1.14. The van der Waals surface area contributed by atoms with Gasteiger partial charge in [0.05, 0.1) is 22.7 Å². The molecule has 0 saturated heterocycles. The van der Waals surface area contributed by atoms with Crippen LogP contribution in [0.5, 0.6) is 17.2 Å². The van der Waals surface area contributed by atoms with E-state index in [0.29, 0.717) is 33.0 Å². The Hall–Kier alpha value is -5.36. The topological polar surface area (TPSA) is 130 Å². The van der Waals surface area contributed by atoms with Gasteiger partial charge in [-0.3, -0.25) is 14.9 Å². The molecule has 45 heavy (non-hydrogen) atoms. The fourth-order valence-corrected chi connectivity index (χ4v) is 5.12. The Labute approximate surface area is 267 Å². The zero-order valence-corrected chi connectivity index (χ0v) is 26.2.